The van der Waals surface area contributed by atoms with Crippen molar-refractivity contribution in [3.8, 4) is 0 Å². The average Bonchev–Trinajstić information content (AvgIpc) is 2.81. The molecule has 5 nitrogen and oxygen atoms in total. The summed E-state index contributed by atoms with van der Waals surface area (Å²) in [4.78, 5) is 14.5. The van der Waals surface area contributed by atoms with Crippen molar-refractivity contribution >= 4 is 5.57 Å². The first kappa shape index (κ1) is 22.0. The SMILES string of the molecule is N/C=C(/c1ccnc(C(F)(F)F)c1)c1ncc(CN2CCC(c3ccccc3)CC2)cn1. The van der Waals surface area contributed by atoms with Crippen molar-refractivity contribution in [1.29, 1.82) is 0 Å². The second kappa shape index (κ2) is 9.48. The number of pyridine rings is 1. The van der Waals surface area contributed by atoms with Gasteiger partial charge in [0.2, 0.25) is 0 Å². The zero-order chi connectivity index (χ0) is 22.6. The Morgan fingerprint density at radius 2 is 1.72 bits per heavy atom. The molecule has 0 amide bonds. The van der Waals surface area contributed by atoms with Gasteiger partial charge in [-0.3, -0.25) is 9.88 Å². The number of nitrogens with two attached hydrogens (primary N) is 1. The van der Waals surface area contributed by atoms with Crippen LogP contribution in [0.5, 0.6) is 0 Å². The lowest BCUT2D eigenvalue weighted by Crippen LogP contribution is -2.32. The summed E-state index contributed by atoms with van der Waals surface area (Å²) in [7, 11) is 0. The molecular weight excluding hydrogens is 415 g/mol. The van der Waals surface area contributed by atoms with Crippen molar-refractivity contribution in [2.45, 2.75) is 31.5 Å². The summed E-state index contributed by atoms with van der Waals surface area (Å²) in [6.07, 6.45) is 3.42. The maximum atomic E-state index is 13.0. The zero-order valence-corrected chi connectivity index (χ0v) is 17.5. The second-order valence-corrected chi connectivity index (χ2v) is 7.88. The Labute approximate surface area is 184 Å². The minimum atomic E-state index is -4.53. The number of alkyl halides is 3. The first-order valence-electron chi connectivity index (χ1n) is 10.5. The summed E-state index contributed by atoms with van der Waals surface area (Å²) < 4.78 is 39.0. The molecule has 1 saturated heterocycles. The van der Waals surface area contributed by atoms with Crippen LogP contribution >= 0.6 is 0 Å². The predicted molar refractivity (Wildman–Crippen MR) is 116 cm³/mol. The number of hydrogen-bond donors (Lipinski definition) is 1. The largest absolute Gasteiger partial charge is 0.433 e. The third-order valence-electron chi connectivity index (χ3n) is 5.74. The molecule has 2 aromatic heterocycles. The van der Waals surface area contributed by atoms with Gasteiger partial charge in [-0.15, -0.1) is 0 Å². The fourth-order valence-corrected chi connectivity index (χ4v) is 4.04. The van der Waals surface area contributed by atoms with Crippen molar-refractivity contribution in [2.24, 2.45) is 5.73 Å². The second-order valence-electron chi connectivity index (χ2n) is 7.88. The van der Waals surface area contributed by atoms with Crippen molar-refractivity contribution in [2.75, 3.05) is 13.1 Å². The van der Waals surface area contributed by atoms with Crippen LogP contribution in [0.15, 0.2) is 67.3 Å². The van der Waals surface area contributed by atoms with Gasteiger partial charge >= 0.3 is 6.18 Å². The lowest BCUT2D eigenvalue weighted by Gasteiger charge is -2.32. The van der Waals surface area contributed by atoms with Crippen LogP contribution in [0.25, 0.3) is 5.57 Å². The minimum Gasteiger partial charge on any atom is -0.404 e. The van der Waals surface area contributed by atoms with Crippen molar-refractivity contribution in [1.82, 2.24) is 19.9 Å². The van der Waals surface area contributed by atoms with Gasteiger partial charge in [0.05, 0.1) is 0 Å². The highest BCUT2D eigenvalue weighted by Crippen LogP contribution is 2.30. The molecule has 32 heavy (non-hydrogen) atoms. The Balaban J connectivity index is 1.40. The Morgan fingerprint density at radius 3 is 2.34 bits per heavy atom. The van der Waals surface area contributed by atoms with Crippen LogP contribution in [0.2, 0.25) is 0 Å². The van der Waals surface area contributed by atoms with E-state index in [2.05, 4.69) is 44.1 Å². The zero-order valence-electron chi connectivity index (χ0n) is 17.5. The maximum absolute atomic E-state index is 13.0. The number of nitrogens with zero attached hydrogens (tertiary/aromatic N) is 4. The van der Waals surface area contributed by atoms with Crippen molar-refractivity contribution < 1.29 is 13.2 Å². The molecular formula is C24H24F3N5. The summed E-state index contributed by atoms with van der Waals surface area (Å²) in [5, 5.41) is 0. The van der Waals surface area contributed by atoms with Gasteiger partial charge < -0.3 is 5.73 Å². The molecule has 0 radical (unpaired) electrons. The van der Waals surface area contributed by atoms with E-state index in [1.165, 1.54) is 17.8 Å². The van der Waals surface area contributed by atoms with Crippen LogP contribution in [-0.4, -0.2) is 32.9 Å². The summed E-state index contributed by atoms with van der Waals surface area (Å²) in [6, 6.07) is 13.0. The molecule has 1 aliphatic heterocycles. The van der Waals surface area contributed by atoms with Crippen molar-refractivity contribution in [3.63, 3.8) is 0 Å². The van der Waals surface area contributed by atoms with E-state index in [9.17, 15) is 13.2 Å². The number of piperidine rings is 1. The van der Waals surface area contributed by atoms with Crippen LogP contribution < -0.4 is 5.73 Å². The van der Waals surface area contributed by atoms with E-state index in [1.54, 1.807) is 12.4 Å². The molecule has 8 heteroatoms. The number of benzene rings is 1. The maximum Gasteiger partial charge on any atom is 0.433 e. The van der Waals surface area contributed by atoms with Gasteiger partial charge in [-0.1, -0.05) is 30.3 Å². The Bertz CT molecular complexity index is 1060. The number of rotatable bonds is 5. The quantitative estimate of drug-likeness (QED) is 0.629. The number of aromatic nitrogens is 3. The van der Waals surface area contributed by atoms with E-state index in [4.69, 9.17) is 5.73 Å². The highest BCUT2D eigenvalue weighted by molar-refractivity contribution is 5.75. The number of halogens is 3. The molecule has 3 aromatic rings. The Morgan fingerprint density at radius 1 is 1.03 bits per heavy atom. The van der Waals surface area contributed by atoms with E-state index >= 15 is 0 Å². The molecule has 0 aliphatic carbocycles. The third-order valence-corrected chi connectivity index (χ3v) is 5.74. The smallest absolute Gasteiger partial charge is 0.404 e. The lowest BCUT2D eigenvalue weighted by atomic mass is 9.89. The molecule has 1 fully saturated rings. The Kier molecular flexibility index (Phi) is 6.50. The van der Waals surface area contributed by atoms with Gasteiger partial charge in [-0.25, -0.2) is 9.97 Å². The first-order valence-corrected chi connectivity index (χ1v) is 10.5. The summed E-state index contributed by atoms with van der Waals surface area (Å²) in [6.45, 7) is 2.72. The van der Waals surface area contributed by atoms with E-state index < -0.39 is 11.9 Å². The van der Waals surface area contributed by atoms with Crippen LogP contribution in [0.1, 0.15) is 47.0 Å². The van der Waals surface area contributed by atoms with Crippen LogP contribution in [0.3, 0.4) is 0 Å². The molecule has 0 bridgehead atoms. The molecule has 4 rings (SSSR count). The average molecular weight is 439 g/mol. The van der Waals surface area contributed by atoms with Gasteiger partial charge in [0.25, 0.3) is 0 Å². The monoisotopic (exact) mass is 439 g/mol. The standard InChI is InChI=1S/C24H24F3N5/c25-24(26,27)22-12-20(6-9-29-22)21(13-28)23-30-14-17(15-31-23)16-32-10-7-19(8-11-32)18-4-2-1-3-5-18/h1-6,9,12-15,19H,7-8,10-11,16,28H2/b21-13-. The van der Waals surface area contributed by atoms with Gasteiger partial charge in [0.1, 0.15) is 5.69 Å². The molecule has 0 spiro atoms. The highest BCUT2D eigenvalue weighted by atomic mass is 19.4. The van der Waals surface area contributed by atoms with Crippen LogP contribution in [0, 0.1) is 0 Å². The summed E-state index contributed by atoms with van der Waals surface area (Å²) in [5.74, 6) is 0.864. The molecule has 3 heterocycles. The molecule has 1 aliphatic rings. The normalized spacial score (nSPS) is 16.3. The molecule has 0 saturated carbocycles. The van der Waals surface area contributed by atoms with Crippen LogP contribution in [-0.2, 0) is 12.7 Å². The third kappa shape index (κ3) is 5.13. The fraction of sp³-hybridized carbons (Fsp3) is 0.292. The molecule has 0 atom stereocenters. The van der Waals surface area contributed by atoms with E-state index in [0.717, 1.165) is 50.3 Å². The minimum absolute atomic E-state index is 0.269. The van der Waals surface area contributed by atoms with Gasteiger partial charge in [-0.05, 0) is 55.1 Å². The predicted octanol–water partition coefficient (Wildman–Crippen LogP) is 4.62. The Hall–Kier alpha value is -3.26. The molecule has 2 N–H and O–H groups in total. The van der Waals surface area contributed by atoms with E-state index in [-0.39, 0.29) is 11.4 Å². The van der Waals surface area contributed by atoms with E-state index in [1.807, 2.05) is 6.07 Å². The lowest BCUT2D eigenvalue weighted by molar-refractivity contribution is -0.141. The first-order chi connectivity index (χ1) is 15.4. The van der Waals surface area contributed by atoms with Crippen LogP contribution in [0.4, 0.5) is 13.2 Å². The number of likely N-dealkylation sites (tertiary alicyclic amines) is 1. The van der Waals surface area contributed by atoms with Crippen molar-refractivity contribution in [3.05, 3.63) is 95.5 Å². The van der Waals surface area contributed by atoms with Gasteiger partial charge in [0, 0.05) is 42.5 Å². The van der Waals surface area contributed by atoms with Gasteiger partial charge in [-0.2, -0.15) is 13.2 Å². The van der Waals surface area contributed by atoms with Gasteiger partial charge in [0.15, 0.2) is 5.82 Å². The molecule has 1 aromatic carbocycles. The topological polar surface area (TPSA) is 67.9 Å². The number of hydrogen-bond acceptors (Lipinski definition) is 5. The molecule has 0 unspecified atom stereocenters. The molecule has 166 valence electrons. The fourth-order valence-electron chi connectivity index (χ4n) is 4.04. The summed E-state index contributed by atoms with van der Waals surface area (Å²) >= 11 is 0. The highest BCUT2D eigenvalue weighted by Gasteiger charge is 2.32. The van der Waals surface area contributed by atoms with E-state index in [0.29, 0.717) is 11.5 Å². The summed E-state index contributed by atoms with van der Waals surface area (Å²) in [5.41, 5.74) is 7.65.